The number of aromatic nitrogens is 2. The lowest BCUT2D eigenvalue weighted by molar-refractivity contribution is 0.0106. The maximum atomic E-state index is 6.43. The van der Waals surface area contributed by atoms with E-state index in [0.717, 1.165) is 30.1 Å². The van der Waals surface area contributed by atoms with Gasteiger partial charge in [-0.3, -0.25) is 0 Å². The Kier molecular flexibility index (Phi) is 6.76. The van der Waals surface area contributed by atoms with Crippen molar-refractivity contribution in [2.75, 3.05) is 13.1 Å². The Hall–Kier alpha value is -3.52. The molecule has 0 aliphatic carbocycles. The van der Waals surface area contributed by atoms with Crippen LogP contribution in [0.2, 0.25) is 0 Å². The summed E-state index contributed by atoms with van der Waals surface area (Å²) in [6.45, 7) is 2.68. The van der Waals surface area contributed by atoms with Gasteiger partial charge in [-0.15, -0.1) is 11.3 Å². The SMILES string of the molecule is c1csc(-c2noc(COc3ccc(C4CCNCC4OCc4ccc5ccccc5c4)cc3)n2)c1. The predicted molar refractivity (Wildman–Crippen MR) is 141 cm³/mol. The van der Waals surface area contributed by atoms with Crippen LogP contribution in [0.25, 0.3) is 21.5 Å². The first-order valence-electron chi connectivity index (χ1n) is 12.2. The van der Waals surface area contributed by atoms with Crippen molar-refractivity contribution in [1.82, 2.24) is 15.5 Å². The van der Waals surface area contributed by atoms with E-state index in [1.54, 1.807) is 11.3 Å². The van der Waals surface area contributed by atoms with Gasteiger partial charge in [-0.05, 0) is 64.5 Å². The van der Waals surface area contributed by atoms with Crippen molar-refractivity contribution in [2.24, 2.45) is 0 Å². The van der Waals surface area contributed by atoms with Gasteiger partial charge in [0.2, 0.25) is 5.82 Å². The predicted octanol–water partition coefficient (Wildman–Crippen LogP) is 6.19. The van der Waals surface area contributed by atoms with Crippen LogP contribution in [-0.2, 0) is 18.0 Å². The van der Waals surface area contributed by atoms with Crippen LogP contribution < -0.4 is 10.1 Å². The molecule has 3 aromatic carbocycles. The van der Waals surface area contributed by atoms with Gasteiger partial charge < -0.3 is 19.3 Å². The van der Waals surface area contributed by atoms with Gasteiger partial charge in [0, 0.05) is 12.5 Å². The highest BCUT2D eigenvalue weighted by Crippen LogP contribution is 2.30. The molecule has 7 heteroatoms. The van der Waals surface area contributed by atoms with E-state index in [0.29, 0.717) is 24.2 Å². The summed E-state index contributed by atoms with van der Waals surface area (Å²) in [6, 6.07) is 27.2. The van der Waals surface area contributed by atoms with E-state index in [9.17, 15) is 0 Å². The van der Waals surface area contributed by atoms with E-state index < -0.39 is 0 Å². The average molecular weight is 498 g/mol. The standard InChI is InChI=1S/C29H27N3O3S/c1-2-5-23-16-20(7-8-21(23)4-1)18-34-26-17-30-14-13-25(26)22-9-11-24(12-10-22)33-19-28-31-29(32-35-28)27-6-3-15-36-27/h1-12,15-16,25-26,30H,13-14,17-19H2. The van der Waals surface area contributed by atoms with E-state index in [1.807, 2.05) is 29.6 Å². The number of ether oxygens (including phenoxy) is 2. The van der Waals surface area contributed by atoms with Gasteiger partial charge in [0.05, 0.1) is 17.6 Å². The number of rotatable bonds is 8. The van der Waals surface area contributed by atoms with Crippen LogP contribution in [0.5, 0.6) is 5.75 Å². The molecule has 6 nitrogen and oxygen atoms in total. The number of piperidine rings is 1. The van der Waals surface area contributed by atoms with Gasteiger partial charge in [-0.25, -0.2) is 0 Å². The zero-order valence-corrected chi connectivity index (χ0v) is 20.6. The summed E-state index contributed by atoms with van der Waals surface area (Å²) in [4.78, 5) is 5.40. The Morgan fingerprint density at radius 3 is 2.69 bits per heavy atom. The fourth-order valence-corrected chi connectivity index (χ4v) is 5.34. The minimum absolute atomic E-state index is 0.117. The van der Waals surface area contributed by atoms with Crippen LogP contribution in [0.3, 0.4) is 0 Å². The second kappa shape index (κ2) is 10.6. The third-order valence-corrected chi connectivity index (χ3v) is 7.45. The topological polar surface area (TPSA) is 69.4 Å². The molecule has 5 aromatic rings. The van der Waals surface area contributed by atoms with E-state index in [-0.39, 0.29) is 12.7 Å². The Balaban J connectivity index is 1.07. The van der Waals surface area contributed by atoms with Crippen LogP contribution in [-0.4, -0.2) is 29.3 Å². The lowest BCUT2D eigenvalue weighted by Gasteiger charge is -2.32. The first-order valence-corrected chi connectivity index (χ1v) is 13.1. The molecular weight excluding hydrogens is 470 g/mol. The number of nitrogens with zero attached hydrogens (tertiary/aromatic N) is 2. The minimum atomic E-state index is 0.117. The molecule has 0 spiro atoms. The van der Waals surface area contributed by atoms with Crippen LogP contribution in [0.1, 0.15) is 29.4 Å². The van der Waals surface area contributed by atoms with Crippen molar-refractivity contribution in [2.45, 2.75) is 31.7 Å². The van der Waals surface area contributed by atoms with Crippen LogP contribution in [0.15, 0.2) is 88.8 Å². The van der Waals surface area contributed by atoms with Gasteiger partial charge in [0.15, 0.2) is 6.61 Å². The quantitative estimate of drug-likeness (QED) is 0.276. The summed E-state index contributed by atoms with van der Waals surface area (Å²) in [5, 5.41) is 12.0. The molecule has 1 N–H and O–H groups in total. The molecule has 1 saturated heterocycles. The lowest BCUT2D eigenvalue weighted by atomic mass is 9.87. The molecular formula is C29H27N3O3S. The first-order chi connectivity index (χ1) is 17.8. The fraction of sp³-hybridized carbons (Fsp3) is 0.241. The van der Waals surface area contributed by atoms with Gasteiger partial charge in [-0.1, -0.05) is 59.8 Å². The zero-order valence-electron chi connectivity index (χ0n) is 19.8. The summed E-state index contributed by atoms with van der Waals surface area (Å²) in [7, 11) is 0. The van der Waals surface area contributed by atoms with Gasteiger partial charge in [0.25, 0.3) is 5.89 Å². The number of nitrogens with one attached hydrogen (secondary N) is 1. The van der Waals surface area contributed by atoms with Gasteiger partial charge in [-0.2, -0.15) is 4.98 Å². The van der Waals surface area contributed by atoms with E-state index in [1.165, 1.54) is 21.9 Å². The van der Waals surface area contributed by atoms with Crippen molar-refractivity contribution in [3.05, 3.63) is 101 Å². The summed E-state index contributed by atoms with van der Waals surface area (Å²) < 4.78 is 17.7. The highest BCUT2D eigenvalue weighted by molar-refractivity contribution is 7.13. The number of benzene rings is 3. The minimum Gasteiger partial charge on any atom is -0.484 e. The smallest absolute Gasteiger partial charge is 0.264 e. The molecule has 3 heterocycles. The molecule has 0 amide bonds. The molecule has 6 rings (SSSR count). The highest BCUT2D eigenvalue weighted by Gasteiger charge is 2.27. The molecule has 0 saturated carbocycles. The van der Waals surface area contributed by atoms with Crippen LogP contribution >= 0.6 is 11.3 Å². The Morgan fingerprint density at radius 2 is 1.83 bits per heavy atom. The van der Waals surface area contributed by atoms with Gasteiger partial charge >= 0.3 is 0 Å². The summed E-state index contributed by atoms with van der Waals surface area (Å²) >= 11 is 1.58. The molecule has 2 atom stereocenters. The second-order valence-corrected chi connectivity index (χ2v) is 9.92. The molecule has 2 unspecified atom stereocenters. The van der Waals surface area contributed by atoms with Crippen LogP contribution in [0, 0.1) is 0 Å². The third-order valence-electron chi connectivity index (χ3n) is 6.58. The molecule has 0 radical (unpaired) electrons. The third kappa shape index (κ3) is 5.18. The fourth-order valence-electron chi connectivity index (χ4n) is 4.69. The lowest BCUT2D eigenvalue weighted by Crippen LogP contribution is -2.40. The summed E-state index contributed by atoms with van der Waals surface area (Å²) in [5.74, 6) is 2.17. The molecule has 182 valence electrons. The van der Waals surface area contributed by atoms with E-state index in [4.69, 9.17) is 14.0 Å². The van der Waals surface area contributed by atoms with Crippen molar-refractivity contribution >= 4 is 22.1 Å². The molecule has 2 aromatic heterocycles. The van der Waals surface area contributed by atoms with Crippen molar-refractivity contribution in [3.8, 4) is 16.5 Å². The van der Waals surface area contributed by atoms with Crippen molar-refractivity contribution in [3.63, 3.8) is 0 Å². The van der Waals surface area contributed by atoms with E-state index >= 15 is 0 Å². The van der Waals surface area contributed by atoms with Crippen molar-refractivity contribution < 1.29 is 14.0 Å². The molecule has 0 bridgehead atoms. The maximum Gasteiger partial charge on any atom is 0.264 e. The monoisotopic (exact) mass is 497 g/mol. The molecule has 1 aliphatic rings. The van der Waals surface area contributed by atoms with Crippen molar-refractivity contribution in [1.29, 1.82) is 0 Å². The number of hydrogen-bond donors (Lipinski definition) is 1. The number of thiophene rings is 1. The summed E-state index contributed by atoms with van der Waals surface area (Å²) in [5.41, 5.74) is 2.47. The molecule has 1 fully saturated rings. The summed E-state index contributed by atoms with van der Waals surface area (Å²) in [6.07, 6.45) is 1.15. The highest BCUT2D eigenvalue weighted by atomic mass is 32.1. The second-order valence-electron chi connectivity index (χ2n) is 8.98. The first kappa shape index (κ1) is 22.9. The number of fused-ring (bicyclic) bond motifs is 1. The normalized spacial score (nSPS) is 17.9. The Bertz CT molecular complexity index is 1420. The van der Waals surface area contributed by atoms with E-state index in [2.05, 4.69) is 70.1 Å². The Morgan fingerprint density at radius 1 is 0.944 bits per heavy atom. The zero-order chi connectivity index (χ0) is 24.2. The molecule has 1 aliphatic heterocycles. The average Bonchev–Trinajstić information content (AvgIpc) is 3.64. The molecule has 36 heavy (non-hydrogen) atoms. The van der Waals surface area contributed by atoms with Gasteiger partial charge in [0.1, 0.15) is 5.75 Å². The number of hydrogen-bond acceptors (Lipinski definition) is 7. The largest absolute Gasteiger partial charge is 0.484 e. The maximum absolute atomic E-state index is 6.43. The Labute approximate surface area is 213 Å². The van der Waals surface area contributed by atoms with Crippen LogP contribution in [0.4, 0.5) is 0 Å².